The highest BCUT2D eigenvalue weighted by atomic mass is 15.0. The monoisotopic (exact) mass is 271 g/mol. The molecular weight excluding hydrogens is 242 g/mol. The molecule has 0 aromatic heterocycles. The van der Waals surface area contributed by atoms with Crippen molar-refractivity contribution in [1.29, 1.82) is 0 Å². The van der Waals surface area contributed by atoms with Crippen molar-refractivity contribution in [2.75, 3.05) is 0 Å². The van der Waals surface area contributed by atoms with Gasteiger partial charge in [-0.2, -0.15) is 0 Å². The standard InChI is InChI=1S/C19H29N/c1-4-15-8-9-19(14(15)3)20-18-11-17(12-18)16-7-5-6-13(2)10-16/h5-7,10,14-15,17-20H,4,8-9,11-12H2,1-3H3. The highest BCUT2D eigenvalue weighted by Gasteiger charge is 2.36. The van der Waals surface area contributed by atoms with Crippen LogP contribution in [0.1, 0.15) is 63.0 Å². The second-order valence-electron chi connectivity index (χ2n) is 7.16. The van der Waals surface area contributed by atoms with Crippen LogP contribution in [0, 0.1) is 18.8 Å². The van der Waals surface area contributed by atoms with Gasteiger partial charge in [-0.25, -0.2) is 0 Å². The second-order valence-corrected chi connectivity index (χ2v) is 7.16. The van der Waals surface area contributed by atoms with Crippen molar-refractivity contribution in [1.82, 2.24) is 5.32 Å². The lowest BCUT2D eigenvalue weighted by molar-refractivity contribution is 0.235. The molecule has 1 heteroatoms. The molecule has 0 aliphatic heterocycles. The highest BCUT2D eigenvalue weighted by Crippen LogP contribution is 2.40. The van der Waals surface area contributed by atoms with E-state index in [0.717, 1.165) is 29.8 Å². The average molecular weight is 271 g/mol. The van der Waals surface area contributed by atoms with Gasteiger partial charge in [0.25, 0.3) is 0 Å². The normalized spacial score (nSPS) is 36.9. The van der Waals surface area contributed by atoms with Gasteiger partial charge in [0, 0.05) is 12.1 Å². The van der Waals surface area contributed by atoms with Crippen LogP contribution in [0.5, 0.6) is 0 Å². The Balaban J connectivity index is 1.49. The van der Waals surface area contributed by atoms with E-state index in [1.54, 1.807) is 5.56 Å². The van der Waals surface area contributed by atoms with Crippen molar-refractivity contribution in [3.05, 3.63) is 35.4 Å². The zero-order chi connectivity index (χ0) is 14.1. The minimum atomic E-state index is 0.767. The zero-order valence-electron chi connectivity index (χ0n) is 13.2. The van der Waals surface area contributed by atoms with Crippen LogP contribution in [0.4, 0.5) is 0 Å². The molecule has 3 unspecified atom stereocenters. The van der Waals surface area contributed by atoms with E-state index >= 15 is 0 Å². The lowest BCUT2D eigenvalue weighted by atomic mass is 9.75. The minimum Gasteiger partial charge on any atom is -0.311 e. The van der Waals surface area contributed by atoms with Crippen molar-refractivity contribution in [3.63, 3.8) is 0 Å². The van der Waals surface area contributed by atoms with Crippen LogP contribution < -0.4 is 5.32 Å². The van der Waals surface area contributed by atoms with Gasteiger partial charge < -0.3 is 5.32 Å². The van der Waals surface area contributed by atoms with Gasteiger partial charge in [0.15, 0.2) is 0 Å². The third-order valence-corrected chi connectivity index (χ3v) is 5.85. The number of rotatable bonds is 4. The predicted octanol–water partition coefficient (Wildman–Crippen LogP) is 4.66. The first-order chi connectivity index (χ1) is 9.67. The van der Waals surface area contributed by atoms with E-state index in [4.69, 9.17) is 0 Å². The van der Waals surface area contributed by atoms with Crippen LogP contribution in [0.25, 0.3) is 0 Å². The first kappa shape index (κ1) is 14.1. The molecule has 3 atom stereocenters. The first-order valence-electron chi connectivity index (χ1n) is 8.50. The molecule has 110 valence electrons. The summed E-state index contributed by atoms with van der Waals surface area (Å²) in [5.41, 5.74) is 2.95. The van der Waals surface area contributed by atoms with Gasteiger partial charge >= 0.3 is 0 Å². The summed E-state index contributed by atoms with van der Waals surface area (Å²) in [6.45, 7) is 7.00. The molecule has 0 amide bonds. The maximum absolute atomic E-state index is 3.94. The van der Waals surface area contributed by atoms with Gasteiger partial charge in [-0.3, -0.25) is 0 Å². The van der Waals surface area contributed by atoms with E-state index in [1.807, 2.05) is 0 Å². The van der Waals surface area contributed by atoms with Gasteiger partial charge in [-0.05, 0) is 55.9 Å². The maximum atomic E-state index is 3.94. The van der Waals surface area contributed by atoms with Crippen molar-refractivity contribution >= 4 is 0 Å². The number of nitrogens with one attached hydrogen (secondary N) is 1. The van der Waals surface area contributed by atoms with E-state index in [9.17, 15) is 0 Å². The number of hydrogen-bond donors (Lipinski definition) is 1. The second kappa shape index (κ2) is 5.89. The molecule has 0 saturated heterocycles. The molecule has 0 radical (unpaired) electrons. The fourth-order valence-corrected chi connectivity index (χ4v) is 4.31. The summed E-state index contributed by atoms with van der Waals surface area (Å²) in [5, 5.41) is 3.94. The lowest BCUT2D eigenvalue weighted by Gasteiger charge is -2.39. The lowest BCUT2D eigenvalue weighted by Crippen LogP contribution is -2.46. The minimum absolute atomic E-state index is 0.767. The van der Waals surface area contributed by atoms with Crippen LogP contribution in [0.15, 0.2) is 24.3 Å². The quantitative estimate of drug-likeness (QED) is 0.840. The summed E-state index contributed by atoms with van der Waals surface area (Å²) in [7, 11) is 0. The fourth-order valence-electron chi connectivity index (χ4n) is 4.31. The molecule has 20 heavy (non-hydrogen) atoms. The molecule has 2 aliphatic carbocycles. The van der Waals surface area contributed by atoms with Crippen LogP contribution in [0.3, 0.4) is 0 Å². The molecule has 1 N–H and O–H groups in total. The average Bonchev–Trinajstić information content (AvgIpc) is 2.74. The van der Waals surface area contributed by atoms with Gasteiger partial charge in [-0.15, -0.1) is 0 Å². The third-order valence-electron chi connectivity index (χ3n) is 5.85. The third kappa shape index (κ3) is 2.79. The van der Waals surface area contributed by atoms with Crippen LogP contribution in [-0.4, -0.2) is 12.1 Å². The van der Waals surface area contributed by atoms with Crippen molar-refractivity contribution in [2.45, 2.75) is 70.9 Å². The molecule has 2 saturated carbocycles. The van der Waals surface area contributed by atoms with Gasteiger partial charge in [0.1, 0.15) is 0 Å². The van der Waals surface area contributed by atoms with Crippen molar-refractivity contribution < 1.29 is 0 Å². The maximum Gasteiger partial charge on any atom is 0.00980 e. The van der Waals surface area contributed by atoms with Crippen molar-refractivity contribution in [3.8, 4) is 0 Å². The molecule has 0 bridgehead atoms. The fraction of sp³-hybridized carbons (Fsp3) is 0.684. The van der Waals surface area contributed by atoms with E-state index < -0.39 is 0 Å². The molecule has 1 aromatic carbocycles. The molecule has 1 aromatic rings. The summed E-state index contributed by atoms with van der Waals surface area (Å²) in [6, 6.07) is 10.6. The van der Waals surface area contributed by atoms with Crippen molar-refractivity contribution in [2.24, 2.45) is 11.8 Å². The summed E-state index contributed by atoms with van der Waals surface area (Å²) in [4.78, 5) is 0. The Kier molecular flexibility index (Phi) is 4.16. The first-order valence-corrected chi connectivity index (χ1v) is 8.50. The van der Waals surface area contributed by atoms with E-state index in [1.165, 1.54) is 37.7 Å². The Morgan fingerprint density at radius 3 is 2.65 bits per heavy atom. The molecular formula is C19H29N. The SMILES string of the molecule is CCC1CCC(NC2CC(c3cccc(C)c3)C2)C1C. The molecule has 2 fully saturated rings. The van der Waals surface area contributed by atoms with E-state index in [-0.39, 0.29) is 0 Å². The van der Waals surface area contributed by atoms with Crippen LogP contribution in [0.2, 0.25) is 0 Å². The van der Waals surface area contributed by atoms with E-state index in [0.29, 0.717) is 0 Å². The van der Waals surface area contributed by atoms with Crippen LogP contribution in [-0.2, 0) is 0 Å². The van der Waals surface area contributed by atoms with Crippen LogP contribution >= 0.6 is 0 Å². The van der Waals surface area contributed by atoms with Gasteiger partial charge in [0.05, 0.1) is 0 Å². The summed E-state index contributed by atoms with van der Waals surface area (Å²) >= 11 is 0. The molecule has 1 nitrogen and oxygen atoms in total. The number of benzene rings is 1. The predicted molar refractivity (Wildman–Crippen MR) is 86.0 cm³/mol. The Morgan fingerprint density at radius 2 is 2.00 bits per heavy atom. The Hall–Kier alpha value is -0.820. The largest absolute Gasteiger partial charge is 0.311 e. The Morgan fingerprint density at radius 1 is 1.20 bits per heavy atom. The summed E-state index contributed by atoms with van der Waals surface area (Å²) < 4.78 is 0. The summed E-state index contributed by atoms with van der Waals surface area (Å²) in [6.07, 6.45) is 6.86. The molecule has 2 aliphatic rings. The Labute approximate surface area is 124 Å². The highest BCUT2D eigenvalue weighted by molar-refractivity contribution is 5.27. The van der Waals surface area contributed by atoms with Gasteiger partial charge in [-0.1, -0.05) is 50.1 Å². The summed E-state index contributed by atoms with van der Waals surface area (Å²) in [5.74, 6) is 2.63. The Bertz CT molecular complexity index is 447. The molecule has 0 spiro atoms. The molecule has 3 rings (SSSR count). The van der Waals surface area contributed by atoms with Gasteiger partial charge in [0.2, 0.25) is 0 Å². The smallest absolute Gasteiger partial charge is 0.00980 e. The molecule has 0 heterocycles. The number of aryl methyl sites for hydroxylation is 1. The topological polar surface area (TPSA) is 12.0 Å². The number of hydrogen-bond acceptors (Lipinski definition) is 1. The van der Waals surface area contributed by atoms with E-state index in [2.05, 4.69) is 50.4 Å². The zero-order valence-corrected chi connectivity index (χ0v) is 13.2.